The van der Waals surface area contributed by atoms with Crippen LogP contribution >= 0.6 is 15.9 Å². The number of hydrogen-bond donors (Lipinski definition) is 0. The van der Waals surface area contributed by atoms with Crippen molar-refractivity contribution in [1.29, 1.82) is 0 Å². The smallest absolute Gasteiger partial charge is 0.101 e. The third kappa shape index (κ3) is 3.97. The minimum Gasteiger partial charge on any atom is -0.256 e. The highest BCUT2D eigenvalue weighted by atomic mass is 79.9. The van der Waals surface area contributed by atoms with Crippen LogP contribution in [0, 0.1) is 13.8 Å². The lowest BCUT2D eigenvalue weighted by Crippen LogP contribution is -1.93. The molecule has 4 aromatic rings. The van der Waals surface area contributed by atoms with E-state index in [1.807, 2.05) is 65.6 Å². The van der Waals surface area contributed by atoms with Crippen LogP contribution in [-0.2, 0) is 0 Å². The second-order valence-corrected chi connectivity index (χ2v) is 7.66. The number of aryl methyl sites for hydroxylation is 2. The van der Waals surface area contributed by atoms with Crippen LogP contribution in [0.15, 0.2) is 88.5 Å². The van der Waals surface area contributed by atoms with E-state index in [0.717, 1.165) is 32.7 Å². The van der Waals surface area contributed by atoms with Gasteiger partial charge in [-0.2, -0.15) is 5.10 Å². The van der Waals surface area contributed by atoms with E-state index in [-0.39, 0.29) is 0 Å². The van der Waals surface area contributed by atoms with Gasteiger partial charge in [-0.1, -0.05) is 52.3 Å². The Morgan fingerprint density at radius 1 is 0.893 bits per heavy atom. The Hall–Kier alpha value is -2.98. The van der Waals surface area contributed by atoms with E-state index in [1.54, 1.807) is 0 Å². The van der Waals surface area contributed by atoms with Crippen LogP contribution in [0.2, 0.25) is 0 Å². The SMILES string of the molecule is Cc1ccc(N=Cc2cn(-c3ccccc3)nc2-c2ccc(Br)cc2)cc1C. The van der Waals surface area contributed by atoms with Crippen molar-refractivity contribution >= 4 is 27.8 Å². The van der Waals surface area contributed by atoms with Crippen LogP contribution in [-0.4, -0.2) is 16.0 Å². The second kappa shape index (κ2) is 7.95. The number of nitrogens with zero attached hydrogens (tertiary/aromatic N) is 3. The van der Waals surface area contributed by atoms with Gasteiger partial charge in [0, 0.05) is 28.0 Å². The van der Waals surface area contributed by atoms with E-state index < -0.39 is 0 Å². The van der Waals surface area contributed by atoms with Crippen LogP contribution in [0.3, 0.4) is 0 Å². The van der Waals surface area contributed by atoms with Crippen LogP contribution in [0.4, 0.5) is 5.69 Å². The Labute approximate surface area is 173 Å². The van der Waals surface area contributed by atoms with Crippen molar-refractivity contribution < 1.29 is 0 Å². The average molecular weight is 430 g/mol. The number of hydrogen-bond acceptors (Lipinski definition) is 2. The van der Waals surface area contributed by atoms with Gasteiger partial charge in [0.1, 0.15) is 5.69 Å². The molecule has 0 atom stereocenters. The van der Waals surface area contributed by atoms with Gasteiger partial charge in [-0.25, -0.2) is 4.68 Å². The number of para-hydroxylation sites is 1. The van der Waals surface area contributed by atoms with Crippen molar-refractivity contribution in [2.24, 2.45) is 4.99 Å². The van der Waals surface area contributed by atoms with Crippen molar-refractivity contribution in [3.8, 4) is 16.9 Å². The fourth-order valence-corrected chi connectivity index (χ4v) is 3.24. The van der Waals surface area contributed by atoms with E-state index in [2.05, 4.69) is 54.0 Å². The second-order valence-electron chi connectivity index (χ2n) is 6.75. The Morgan fingerprint density at radius 3 is 2.36 bits per heavy atom. The number of benzene rings is 3. The summed E-state index contributed by atoms with van der Waals surface area (Å²) in [6.07, 6.45) is 3.92. The molecule has 0 amide bonds. The van der Waals surface area contributed by atoms with Crippen molar-refractivity contribution in [2.75, 3.05) is 0 Å². The molecule has 1 aromatic heterocycles. The summed E-state index contributed by atoms with van der Waals surface area (Å²) in [7, 11) is 0. The molecule has 1 heterocycles. The van der Waals surface area contributed by atoms with E-state index in [0.29, 0.717) is 0 Å². The molecule has 4 heteroatoms. The first-order chi connectivity index (χ1) is 13.6. The number of rotatable bonds is 4. The minimum absolute atomic E-state index is 0.906. The average Bonchev–Trinajstić information content (AvgIpc) is 3.14. The highest BCUT2D eigenvalue weighted by Gasteiger charge is 2.11. The van der Waals surface area contributed by atoms with E-state index in [9.17, 15) is 0 Å². The fourth-order valence-electron chi connectivity index (χ4n) is 2.98. The van der Waals surface area contributed by atoms with Crippen molar-refractivity contribution in [3.63, 3.8) is 0 Å². The molecule has 0 spiro atoms. The molecule has 3 aromatic carbocycles. The zero-order valence-electron chi connectivity index (χ0n) is 15.8. The molecule has 0 saturated carbocycles. The zero-order chi connectivity index (χ0) is 19.5. The van der Waals surface area contributed by atoms with Gasteiger partial charge in [0.25, 0.3) is 0 Å². The molecule has 0 aliphatic heterocycles. The summed E-state index contributed by atoms with van der Waals surface area (Å²) in [6, 6.07) is 24.6. The molecule has 28 heavy (non-hydrogen) atoms. The molecule has 0 bridgehead atoms. The lowest BCUT2D eigenvalue weighted by molar-refractivity contribution is 0.884. The van der Waals surface area contributed by atoms with Gasteiger partial charge in [0.15, 0.2) is 0 Å². The molecular weight excluding hydrogens is 410 g/mol. The Bertz CT molecular complexity index is 1130. The Balaban J connectivity index is 1.77. The van der Waals surface area contributed by atoms with Gasteiger partial charge in [0.2, 0.25) is 0 Å². The summed E-state index contributed by atoms with van der Waals surface area (Å²) in [4.78, 5) is 4.70. The lowest BCUT2D eigenvalue weighted by Gasteiger charge is -2.01. The first kappa shape index (κ1) is 18.4. The first-order valence-corrected chi connectivity index (χ1v) is 9.92. The largest absolute Gasteiger partial charge is 0.256 e. The number of aliphatic imine (C=N–C) groups is 1. The predicted molar refractivity (Wildman–Crippen MR) is 120 cm³/mol. The molecule has 3 nitrogen and oxygen atoms in total. The molecule has 0 N–H and O–H groups in total. The minimum atomic E-state index is 0.906. The lowest BCUT2D eigenvalue weighted by atomic mass is 10.1. The van der Waals surface area contributed by atoms with Crippen molar-refractivity contribution in [3.05, 3.63) is 100 Å². The van der Waals surface area contributed by atoms with E-state index in [1.165, 1.54) is 11.1 Å². The molecule has 138 valence electrons. The van der Waals surface area contributed by atoms with Gasteiger partial charge < -0.3 is 0 Å². The molecule has 0 aliphatic carbocycles. The zero-order valence-corrected chi connectivity index (χ0v) is 17.4. The summed E-state index contributed by atoms with van der Waals surface area (Å²) >= 11 is 3.50. The van der Waals surface area contributed by atoms with Gasteiger partial charge in [-0.3, -0.25) is 4.99 Å². The monoisotopic (exact) mass is 429 g/mol. The Morgan fingerprint density at radius 2 is 1.64 bits per heavy atom. The molecule has 0 fully saturated rings. The van der Waals surface area contributed by atoms with Gasteiger partial charge in [0.05, 0.1) is 11.4 Å². The first-order valence-electron chi connectivity index (χ1n) is 9.12. The topological polar surface area (TPSA) is 30.2 Å². The van der Waals surface area contributed by atoms with Crippen LogP contribution in [0.1, 0.15) is 16.7 Å². The van der Waals surface area contributed by atoms with E-state index in [4.69, 9.17) is 10.1 Å². The predicted octanol–water partition coefficient (Wildman–Crippen LogP) is 6.67. The molecule has 0 aliphatic rings. The van der Waals surface area contributed by atoms with Crippen LogP contribution in [0.25, 0.3) is 16.9 Å². The Kier molecular flexibility index (Phi) is 5.22. The van der Waals surface area contributed by atoms with Crippen molar-refractivity contribution in [2.45, 2.75) is 13.8 Å². The highest BCUT2D eigenvalue weighted by molar-refractivity contribution is 9.10. The molecule has 0 saturated heterocycles. The summed E-state index contributed by atoms with van der Waals surface area (Å²) < 4.78 is 2.95. The number of aromatic nitrogens is 2. The van der Waals surface area contributed by atoms with Gasteiger partial charge >= 0.3 is 0 Å². The van der Waals surface area contributed by atoms with E-state index >= 15 is 0 Å². The van der Waals surface area contributed by atoms with Crippen LogP contribution in [0.5, 0.6) is 0 Å². The maximum absolute atomic E-state index is 4.83. The van der Waals surface area contributed by atoms with Gasteiger partial charge in [-0.05, 0) is 61.4 Å². The maximum atomic E-state index is 4.83. The third-order valence-electron chi connectivity index (χ3n) is 4.72. The molecule has 0 radical (unpaired) electrons. The maximum Gasteiger partial charge on any atom is 0.101 e. The van der Waals surface area contributed by atoms with Gasteiger partial charge in [-0.15, -0.1) is 0 Å². The number of halogens is 1. The summed E-state index contributed by atoms with van der Waals surface area (Å²) in [5.74, 6) is 0. The quantitative estimate of drug-likeness (QED) is 0.333. The summed E-state index contributed by atoms with van der Waals surface area (Å²) in [6.45, 7) is 4.22. The molecule has 0 unspecified atom stereocenters. The third-order valence-corrected chi connectivity index (χ3v) is 5.25. The fraction of sp³-hybridized carbons (Fsp3) is 0.0833. The molecular formula is C24H20BrN3. The van der Waals surface area contributed by atoms with Crippen molar-refractivity contribution in [1.82, 2.24) is 9.78 Å². The normalized spacial score (nSPS) is 11.2. The molecule has 4 rings (SSSR count). The standard InChI is InChI=1S/C24H20BrN3/c1-17-8-13-22(14-18(17)2)26-15-20-16-28(23-6-4-3-5-7-23)27-24(20)19-9-11-21(25)12-10-19/h3-16H,1-2H3. The summed E-state index contributed by atoms with van der Waals surface area (Å²) in [5.41, 5.74) is 7.41. The summed E-state index contributed by atoms with van der Waals surface area (Å²) in [5, 5.41) is 4.83. The highest BCUT2D eigenvalue weighted by Crippen LogP contribution is 2.25. The van der Waals surface area contributed by atoms with Crippen LogP contribution < -0.4 is 0 Å².